The molecule has 5 nitrogen and oxygen atoms in total. The highest BCUT2D eigenvalue weighted by atomic mass is 16.7. The minimum atomic E-state index is -0.524. The maximum Gasteiger partial charge on any atom is 0.186 e. The highest BCUT2D eigenvalue weighted by molar-refractivity contribution is 5.15. The molecular weight excluding hydrogens is 512 g/mol. The van der Waals surface area contributed by atoms with Gasteiger partial charge in [-0.2, -0.15) is 0 Å². The summed E-state index contributed by atoms with van der Waals surface area (Å²) in [6, 6.07) is 30.6. The van der Waals surface area contributed by atoms with Gasteiger partial charge in [-0.25, -0.2) is 0 Å². The number of allylic oxidation sites excluding steroid dienone is 1. The maximum absolute atomic E-state index is 6.58. The molecule has 1 aliphatic rings. The summed E-state index contributed by atoms with van der Waals surface area (Å²) < 4.78 is 32.1. The minimum Gasteiger partial charge on any atom is -0.368 e. The molecule has 0 unspecified atom stereocenters. The molecule has 0 radical (unpaired) electrons. The highest BCUT2D eigenvalue weighted by Gasteiger charge is 2.43. The minimum absolute atomic E-state index is 0.296. The molecule has 0 aliphatic carbocycles. The van der Waals surface area contributed by atoms with E-state index < -0.39 is 12.4 Å². The van der Waals surface area contributed by atoms with Crippen molar-refractivity contribution in [2.45, 2.75) is 89.4 Å². The maximum atomic E-state index is 6.58. The van der Waals surface area contributed by atoms with Crippen LogP contribution in [0.1, 0.15) is 61.6 Å². The molecule has 1 aliphatic heterocycles. The Morgan fingerprint density at radius 1 is 0.585 bits per heavy atom. The topological polar surface area (TPSA) is 46.2 Å². The smallest absolute Gasteiger partial charge is 0.186 e. The van der Waals surface area contributed by atoms with Gasteiger partial charge in [-0.1, -0.05) is 123 Å². The fourth-order valence-electron chi connectivity index (χ4n) is 5.02. The van der Waals surface area contributed by atoms with Gasteiger partial charge in [-0.05, 0) is 36.0 Å². The summed E-state index contributed by atoms with van der Waals surface area (Å²) in [5.41, 5.74) is 3.31. The monoisotopic (exact) mass is 558 g/mol. The number of hydrogen-bond donors (Lipinski definition) is 0. The lowest BCUT2D eigenvalue weighted by Gasteiger charge is -2.42. The normalized spacial score (nSPS) is 20.6. The summed E-state index contributed by atoms with van der Waals surface area (Å²) in [6.45, 7) is 6.19. The molecule has 0 spiro atoms. The standard InChI is InChI=1S/C36H46O5/c1-2-3-4-5-6-7-8-18-25-37-36-35(40-28-32-23-16-11-17-24-32)34(39-27-31-21-14-10-15-22-31)33(29-41-36)38-26-30-19-12-9-13-20-30/h2,9-17,19-24,33-36H,1,3-8,18,25-29H2/t33-,34+,35-,36-/m1/s1. The first kappa shape index (κ1) is 31.1. The van der Waals surface area contributed by atoms with Crippen LogP contribution in [0.25, 0.3) is 0 Å². The molecule has 0 bridgehead atoms. The van der Waals surface area contributed by atoms with E-state index in [1.807, 2.05) is 60.7 Å². The van der Waals surface area contributed by atoms with Crippen LogP contribution in [0.4, 0.5) is 0 Å². The van der Waals surface area contributed by atoms with Gasteiger partial charge < -0.3 is 23.7 Å². The van der Waals surface area contributed by atoms with E-state index in [0.717, 1.165) is 36.0 Å². The van der Waals surface area contributed by atoms with Gasteiger partial charge >= 0.3 is 0 Å². The van der Waals surface area contributed by atoms with Crippen molar-refractivity contribution in [2.75, 3.05) is 13.2 Å². The van der Waals surface area contributed by atoms with Gasteiger partial charge in [-0.15, -0.1) is 6.58 Å². The van der Waals surface area contributed by atoms with Crippen LogP contribution in [-0.4, -0.2) is 37.8 Å². The third-order valence-electron chi connectivity index (χ3n) is 7.35. The van der Waals surface area contributed by atoms with Gasteiger partial charge in [0.25, 0.3) is 0 Å². The van der Waals surface area contributed by atoms with Gasteiger partial charge in [0, 0.05) is 6.61 Å². The predicted octanol–water partition coefficient (Wildman–Crippen LogP) is 8.03. The van der Waals surface area contributed by atoms with Gasteiger partial charge in [0.1, 0.15) is 18.3 Å². The Kier molecular flexibility index (Phi) is 14.1. The van der Waals surface area contributed by atoms with E-state index in [1.165, 1.54) is 25.7 Å². The summed E-state index contributed by atoms with van der Waals surface area (Å²) in [4.78, 5) is 0. The molecule has 1 fully saturated rings. The summed E-state index contributed by atoms with van der Waals surface area (Å²) in [5, 5.41) is 0. The van der Waals surface area contributed by atoms with E-state index in [1.54, 1.807) is 0 Å². The molecule has 5 heteroatoms. The fraction of sp³-hybridized carbons (Fsp3) is 0.444. The molecule has 4 atom stereocenters. The SMILES string of the molecule is C=CCCCCCCCCO[C@@H]1OC[C@@H](OCc2ccccc2)[C@H](OCc2ccccc2)[C@H]1OCc1ccccc1. The van der Waals surface area contributed by atoms with Gasteiger partial charge in [0.05, 0.1) is 26.4 Å². The number of unbranched alkanes of at least 4 members (excludes halogenated alkanes) is 6. The van der Waals surface area contributed by atoms with Crippen LogP contribution in [0.5, 0.6) is 0 Å². The third-order valence-corrected chi connectivity index (χ3v) is 7.35. The molecule has 3 aromatic carbocycles. The van der Waals surface area contributed by atoms with Crippen molar-refractivity contribution in [1.82, 2.24) is 0 Å². The first-order valence-corrected chi connectivity index (χ1v) is 15.1. The van der Waals surface area contributed by atoms with Crippen molar-refractivity contribution in [3.63, 3.8) is 0 Å². The van der Waals surface area contributed by atoms with E-state index in [2.05, 4.69) is 43.0 Å². The Morgan fingerprint density at radius 3 is 1.63 bits per heavy atom. The van der Waals surface area contributed by atoms with Crippen LogP contribution in [0.3, 0.4) is 0 Å². The zero-order valence-electron chi connectivity index (χ0n) is 24.3. The van der Waals surface area contributed by atoms with E-state index >= 15 is 0 Å². The van der Waals surface area contributed by atoms with Crippen molar-refractivity contribution in [1.29, 1.82) is 0 Å². The lowest BCUT2D eigenvalue weighted by Crippen LogP contribution is -2.56. The lowest BCUT2D eigenvalue weighted by atomic mass is 10.0. The summed E-state index contributed by atoms with van der Waals surface area (Å²) in [7, 11) is 0. The first-order valence-electron chi connectivity index (χ1n) is 15.1. The van der Waals surface area contributed by atoms with Crippen LogP contribution >= 0.6 is 0 Å². The molecule has 0 N–H and O–H groups in total. The molecule has 3 aromatic rings. The molecule has 41 heavy (non-hydrogen) atoms. The molecule has 220 valence electrons. The lowest BCUT2D eigenvalue weighted by molar-refractivity contribution is -0.299. The number of hydrogen-bond acceptors (Lipinski definition) is 5. The van der Waals surface area contributed by atoms with E-state index in [0.29, 0.717) is 33.0 Å². The molecule has 0 amide bonds. The Labute approximate surface area is 246 Å². The molecule has 1 saturated heterocycles. The van der Waals surface area contributed by atoms with Gasteiger partial charge in [0.2, 0.25) is 0 Å². The summed E-state index contributed by atoms with van der Waals surface area (Å²) in [6.07, 6.45) is 8.61. The molecule has 0 aromatic heterocycles. The number of benzene rings is 3. The summed E-state index contributed by atoms with van der Waals surface area (Å²) in [5.74, 6) is 0. The second kappa shape index (κ2) is 18.6. The van der Waals surface area contributed by atoms with Crippen molar-refractivity contribution in [2.24, 2.45) is 0 Å². The Bertz CT molecular complexity index is 1070. The quantitative estimate of drug-likeness (QED) is 0.110. The fourth-order valence-corrected chi connectivity index (χ4v) is 5.02. The molecule has 4 rings (SSSR count). The van der Waals surface area contributed by atoms with Crippen LogP contribution in [0.15, 0.2) is 104 Å². The van der Waals surface area contributed by atoms with Crippen molar-refractivity contribution < 1.29 is 23.7 Å². The predicted molar refractivity (Wildman–Crippen MR) is 163 cm³/mol. The highest BCUT2D eigenvalue weighted by Crippen LogP contribution is 2.27. The third kappa shape index (κ3) is 11.2. The second-order valence-electron chi connectivity index (χ2n) is 10.6. The molecular formula is C36H46O5. The van der Waals surface area contributed by atoms with E-state index in [4.69, 9.17) is 23.7 Å². The average molecular weight is 559 g/mol. The van der Waals surface area contributed by atoms with Crippen molar-refractivity contribution >= 4 is 0 Å². The van der Waals surface area contributed by atoms with E-state index in [9.17, 15) is 0 Å². The zero-order chi connectivity index (χ0) is 28.4. The van der Waals surface area contributed by atoms with Crippen LogP contribution in [-0.2, 0) is 43.5 Å². The average Bonchev–Trinajstić information content (AvgIpc) is 3.03. The van der Waals surface area contributed by atoms with Crippen LogP contribution in [0.2, 0.25) is 0 Å². The molecule has 1 heterocycles. The summed E-state index contributed by atoms with van der Waals surface area (Å²) >= 11 is 0. The van der Waals surface area contributed by atoms with E-state index in [-0.39, 0.29) is 12.2 Å². The Morgan fingerprint density at radius 2 is 1.07 bits per heavy atom. The Hall–Kier alpha value is -2.80. The number of ether oxygens (including phenoxy) is 5. The number of rotatable bonds is 19. The first-order chi connectivity index (χ1) is 20.3. The van der Waals surface area contributed by atoms with Gasteiger partial charge in [0.15, 0.2) is 6.29 Å². The second-order valence-corrected chi connectivity index (χ2v) is 10.6. The van der Waals surface area contributed by atoms with Gasteiger partial charge in [-0.3, -0.25) is 0 Å². The van der Waals surface area contributed by atoms with Crippen LogP contribution in [0, 0.1) is 0 Å². The zero-order valence-corrected chi connectivity index (χ0v) is 24.3. The van der Waals surface area contributed by atoms with Crippen molar-refractivity contribution in [3.05, 3.63) is 120 Å². The largest absolute Gasteiger partial charge is 0.368 e. The molecule has 0 saturated carbocycles. The van der Waals surface area contributed by atoms with Crippen molar-refractivity contribution in [3.8, 4) is 0 Å². The Balaban J connectivity index is 1.40. The van der Waals surface area contributed by atoms with Crippen LogP contribution < -0.4 is 0 Å².